The van der Waals surface area contributed by atoms with Crippen LogP contribution in [0, 0.1) is 0 Å². The summed E-state index contributed by atoms with van der Waals surface area (Å²) in [5.74, 6) is 0. The number of nitrogens with zero attached hydrogens (tertiary/aromatic N) is 1. The van der Waals surface area contributed by atoms with E-state index in [2.05, 4.69) is 0 Å². The molecule has 0 bridgehead atoms. The molecule has 0 saturated heterocycles. The van der Waals surface area contributed by atoms with E-state index in [1.807, 2.05) is 24.3 Å². The summed E-state index contributed by atoms with van der Waals surface area (Å²) in [7, 11) is 1.47. The summed E-state index contributed by atoms with van der Waals surface area (Å²) in [6.45, 7) is -0.536. The average Bonchev–Trinajstić information content (AvgIpc) is 2.67. The number of likely N-dealkylation sites (N-methyl/N-ethyl adjacent to an activating group) is 1. The summed E-state index contributed by atoms with van der Waals surface area (Å²) in [6.07, 6.45) is -1.98. The van der Waals surface area contributed by atoms with Crippen LogP contribution in [0.2, 0.25) is 0 Å². The highest BCUT2D eigenvalue weighted by atomic mass is 19.4. The Labute approximate surface area is 103 Å². The first-order chi connectivity index (χ1) is 8.46. The summed E-state index contributed by atoms with van der Waals surface area (Å²) < 4.78 is 41.8. The highest BCUT2D eigenvalue weighted by Crippen LogP contribution is 2.21. The van der Waals surface area contributed by atoms with E-state index in [9.17, 15) is 13.2 Å². The van der Waals surface area contributed by atoms with Crippen molar-refractivity contribution in [1.82, 2.24) is 4.90 Å². The summed E-state index contributed by atoms with van der Waals surface area (Å²) in [5, 5.41) is 0.970. The summed E-state index contributed by atoms with van der Waals surface area (Å²) in [5.41, 5.74) is 1.71. The minimum absolute atomic E-state index is 0.350. The molecule has 0 aliphatic rings. The molecule has 0 unspecified atom stereocenters. The van der Waals surface area contributed by atoms with Gasteiger partial charge in [0.05, 0.1) is 12.8 Å². The van der Waals surface area contributed by atoms with Gasteiger partial charge in [0.1, 0.15) is 5.58 Å². The maximum Gasteiger partial charge on any atom is 0.401 e. The lowest BCUT2D eigenvalue weighted by Gasteiger charge is -2.17. The van der Waals surface area contributed by atoms with Crippen molar-refractivity contribution in [2.75, 3.05) is 20.1 Å². The topological polar surface area (TPSA) is 16.4 Å². The Hall–Kier alpha value is -1.49. The molecule has 1 aromatic heterocycles. The van der Waals surface area contributed by atoms with Gasteiger partial charge in [-0.2, -0.15) is 13.2 Å². The molecule has 0 aliphatic heterocycles. The van der Waals surface area contributed by atoms with Gasteiger partial charge in [0.25, 0.3) is 0 Å². The van der Waals surface area contributed by atoms with Gasteiger partial charge < -0.3 is 4.42 Å². The van der Waals surface area contributed by atoms with Crippen molar-refractivity contribution in [1.29, 1.82) is 0 Å². The van der Waals surface area contributed by atoms with Gasteiger partial charge in [-0.1, -0.05) is 18.2 Å². The van der Waals surface area contributed by atoms with Gasteiger partial charge >= 0.3 is 6.18 Å². The largest absolute Gasteiger partial charge is 0.464 e. The number of furan rings is 1. The molecule has 0 fully saturated rings. The third-order valence-corrected chi connectivity index (χ3v) is 2.77. The number of rotatable bonds is 4. The minimum atomic E-state index is -4.15. The van der Waals surface area contributed by atoms with Crippen LogP contribution in [0.3, 0.4) is 0 Å². The maximum atomic E-state index is 12.2. The van der Waals surface area contributed by atoms with Crippen LogP contribution in [0.4, 0.5) is 13.2 Å². The summed E-state index contributed by atoms with van der Waals surface area (Å²) in [6, 6.07) is 7.52. The Morgan fingerprint density at radius 2 is 1.94 bits per heavy atom. The van der Waals surface area contributed by atoms with Crippen molar-refractivity contribution >= 4 is 11.0 Å². The summed E-state index contributed by atoms with van der Waals surface area (Å²) >= 11 is 0. The van der Waals surface area contributed by atoms with Crippen molar-refractivity contribution in [3.05, 3.63) is 36.1 Å². The lowest BCUT2D eigenvalue weighted by atomic mass is 10.1. The smallest absolute Gasteiger partial charge is 0.401 e. The van der Waals surface area contributed by atoms with Crippen LogP contribution in [0.25, 0.3) is 11.0 Å². The molecule has 2 rings (SSSR count). The van der Waals surface area contributed by atoms with E-state index >= 15 is 0 Å². The molecule has 0 radical (unpaired) electrons. The molecular weight excluding hydrogens is 243 g/mol. The number of hydrogen-bond donors (Lipinski definition) is 0. The molecule has 0 atom stereocenters. The van der Waals surface area contributed by atoms with Crippen LogP contribution in [0.1, 0.15) is 5.56 Å². The fraction of sp³-hybridized carbons (Fsp3) is 0.385. The van der Waals surface area contributed by atoms with Crippen molar-refractivity contribution in [2.45, 2.75) is 12.6 Å². The SMILES string of the molecule is CN(CCc1coc2ccccc12)CC(F)(F)F. The van der Waals surface area contributed by atoms with E-state index in [0.29, 0.717) is 13.0 Å². The van der Waals surface area contributed by atoms with Gasteiger partial charge in [-0.25, -0.2) is 0 Å². The molecule has 1 aromatic carbocycles. The molecule has 2 aromatic rings. The molecule has 0 N–H and O–H groups in total. The van der Waals surface area contributed by atoms with E-state index in [0.717, 1.165) is 16.5 Å². The zero-order valence-corrected chi connectivity index (χ0v) is 10.00. The van der Waals surface area contributed by atoms with Crippen LogP contribution in [0.5, 0.6) is 0 Å². The predicted octanol–water partition coefficient (Wildman–Crippen LogP) is 3.47. The molecule has 0 aliphatic carbocycles. The van der Waals surface area contributed by atoms with Crippen LogP contribution >= 0.6 is 0 Å². The second-order valence-electron chi connectivity index (χ2n) is 4.36. The Kier molecular flexibility index (Phi) is 3.61. The number of fused-ring (bicyclic) bond motifs is 1. The molecule has 0 saturated carbocycles. The standard InChI is InChI=1S/C13H14F3NO/c1-17(9-13(14,15)16)7-6-10-8-18-12-5-3-2-4-11(10)12/h2-5,8H,6-7,9H2,1H3. The third-order valence-electron chi connectivity index (χ3n) is 2.77. The molecule has 1 heterocycles. The van der Waals surface area contributed by atoms with Gasteiger partial charge in [-0.3, -0.25) is 4.90 Å². The normalized spacial score (nSPS) is 12.5. The van der Waals surface area contributed by atoms with Crippen molar-refractivity contribution in [3.8, 4) is 0 Å². The van der Waals surface area contributed by atoms with Crippen LogP contribution in [-0.2, 0) is 6.42 Å². The monoisotopic (exact) mass is 257 g/mol. The number of para-hydroxylation sites is 1. The Morgan fingerprint density at radius 3 is 2.67 bits per heavy atom. The van der Waals surface area contributed by atoms with E-state index in [1.165, 1.54) is 11.9 Å². The lowest BCUT2D eigenvalue weighted by Crippen LogP contribution is -2.32. The van der Waals surface area contributed by atoms with Crippen molar-refractivity contribution in [2.24, 2.45) is 0 Å². The Bertz CT molecular complexity index is 518. The molecule has 2 nitrogen and oxygen atoms in total. The van der Waals surface area contributed by atoms with Gasteiger partial charge in [0, 0.05) is 11.9 Å². The van der Waals surface area contributed by atoms with E-state index < -0.39 is 12.7 Å². The van der Waals surface area contributed by atoms with Crippen LogP contribution in [0.15, 0.2) is 34.9 Å². The maximum absolute atomic E-state index is 12.2. The number of alkyl halides is 3. The number of benzene rings is 1. The predicted molar refractivity (Wildman–Crippen MR) is 63.5 cm³/mol. The van der Waals surface area contributed by atoms with E-state index in [4.69, 9.17) is 4.42 Å². The molecule has 0 amide bonds. The highest BCUT2D eigenvalue weighted by molar-refractivity contribution is 5.80. The van der Waals surface area contributed by atoms with Crippen LogP contribution < -0.4 is 0 Å². The Morgan fingerprint density at radius 1 is 1.22 bits per heavy atom. The Balaban J connectivity index is 1.98. The first-order valence-corrected chi connectivity index (χ1v) is 5.66. The zero-order valence-electron chi connectivity index (χ0n) is 10.00. The number of hydrogen-bond acceptors (Lipinski definition) is 2. The lowest BCUT2D eigenvalue weighted by molar-refractivity contribution is -0.142. The van der Waals surface area contributed by atoms with Crippen LogP contribution in [-0.4, -0.2) is 31.2 Å². The van der Waals surface area contributed by atoms with Crippen molar-refractivity contribution in [3.63, 3.8) is 0 Å². The number of halogens is 3. The second-order valence-corrected chi connectivity index (χ2v) is 4.36. The molecule has 0 spiro atoms. The molecule has 98 valence electrons. The van der Waals surface area contributed by atoms with E-state index in [-0.39, 0.29) is 0 Å². The molecular formula is C13H14F3NO. The van der Waals surface area contributed by atoms with Gasteiger partial charge in [-0.15, -0.1) is 0 Å². The fourth-order valence-electron chi connectivity index (χ4n) is 1.92. The molecule has 18 heavy (non-hydrogen) atoms. The highest BCUT2D eigenvalue weighted by Gasteiger charge is 2.28. The zero-order chi connectivity index (χ0) is 13.2. The summed E-state index contributed by atoms with van der Waals surface area (Å²) in [4.78, 5) is 1.27. The average molecular weight is 257 g/mol. The van der Waals surface area contributed by atoms with Gasteiger partial charge in [0.2, 0.25) is 0 Å². The van der Waals surface area contributed by atoms with E-state index in [1.54, 1.807) is 6.26 Å². The molecule has 5 heteroatoms. The first kappa shape index (κ1) is 13.0. The first-order valence-electron chi connectivity index (χ1n) is 5.66. The van der Waals surface area contributed by atoms with Gasteiger partial charge in [-0.05, 0) is 25.1 Å². The third kappa shape index (κ3) is 3.26. The fourth-order valence-corrected chi connectivity index (χ4v) is 1.92. The minimum Gasteiger partial charge on any atom is -0.464 e. The van der Waals surface area contributed by atoms with Gasteiger partial charge in [0.15, 0.2) is 0 Å². The second kappa shape index (κ2) is 5.02. The quantitative estimate of drug-likeness (QED) is 0.833. The van der Waals surface area contributed by atoms with Crippen molar-refractivity contribution < 1.29 is 17.6 Å².